The molecule has 3 rings (SSSR count). The summed E-state index contributed by atoms with van der Waals surface area (Å²) in [6, 6.07) is 16.1. The highest BCUT2D eigenvalue weighted by Gasteiger charge is 2.18. The second kappa shape index (κ2) is 13.3. The van der Waals surface area contributed by atoms with E-state index in [1.165, 1.54) is 27.8 Å². The molecular weight excluding hydrogens is 447 g/mol. The van der Waals surface area contributed by atoms with Gasteiger partial charge >= 0.3 is 0 Å². The van der Waals surface area contributed by atoms with Gasteiger partial charge in [-0.05, 0) is 104 Å². The number of benzene rings is 2. The van der Waals surface area contributed by atoms with Crippen LogP contribution in [0.5, 0.6) is 0 Å². The summed E-state index contributed by atoms with van der Waals surface area (Å²) in [7, 11) is 2.84. The van der Waals surface area contributed by atoms with Crippen molar-refractivity contribution in [2.24, 2.45) is 4.99 Å². The Morgan fingerprint density at radius 2 is 1.94 bits per heavy atom. The molecule has 2 atom stereocenters. The summed E-state index contributed by atoms with van der Waals surface area (Å²) in [4.78, 5) is 4.75. The van der Waals surface area contributed by atoms with Crippen molar-refractivity contribution >= 4 is 20.8 Å². The van der Waals surface area contributed by atoms with Gasteiger partial charge in [-0.15, -0.1) is 9.24 Å². The number of nitrogens with one attached hydrogen (secondary N) is 1. The Hall–Kier alpha value is -2.87. The van der Waals surface area contributed by atoms with E-state index in [0.29, 0.717) is 6.42 Å². The van der Waals surface area contributed by atoms with Crippen molar-refractivity contribution in [1.82, 2.24) is 0 Å². The molecule has 0 radical (unpaired) electrons. The molecule has 3 nitrogen and oxygen atoms in total. The molecule has 4 heteroatoms. The molecule has 1 aliphatic carbocycles. The fraction of sp³-hybridized carbons (Fsp3) is 0.290. The topological polar surface area (TPSA) is 44.6 Å². The van der Waals surface area contributed by atoms with E-state index in [9.17, 15) is 5.11 Å². The van der Waals surface area contributed by atoms with Gasteiger partial charge in [-0.25, -0.2) is 4.99 Å². The van der Waals surface area contributed by atoms with Crippen LogP contribution in [-0.2, 0) is 0 Å². The van der Waals surface area contributed by atoms with Gasteiger partial charge in [-0.2, -0.15) is 0 Å². The molecule has 35 heavy (non-hydrogen) atoms. The van der Waals surface area contributed by atoms with Gasteiger partial charge < -0.3 is 10.4 Å². The van der Waals surface area contributed by atoms with Gasteiger partial charge in [0.05, 0.1) is 6.42 Å². The third-order valence-electron chi connectivity index (χ3n) is 6.24. The smallest absolute Gasteiger partial charge is 0.214 e. The molecule has 2 unspecified atom stereocenters. The zero-order valence-corrected chi connectivity index (χ0v) is 22.4. The lowest BCUT2D eigenvalue weighted by Crippen LogP contribution is -2.19. The number of aryl methyl sites for hydroxylation is 2. The Labute approximate surface area is 213 Å². The van der Waals surface area contributed by atoms with E-state index in [-0.39, 0.29) is 0 Å². The lowest BCUT2D eigenvalue weighted by atomic mass is 9.87. The minimum atomic E-state index is -0.956. The molecule has 0 spiro atoms. The first-order valence-corrected chi connectivity index (χ1v) is 13.1. The van der Waals surface area contributed by atoms with Crippen molar-refractivity contribution in [2.45, 2.75) is 52.7 Å². The third kappa shape index (κ3) is 8.09. The maximum absolute atomic E-state index is 10.9. The number of nitrogens with zero attached hydrogens (tertiary/aromatic N) is 1. The van der Waals surface area contributed by atoms with Crippen molar-refractivity contribution in [3.8, 4) is 0 Å². The molecule has 182 valence electrons. The van der Waals surface area contributed by atoms with Crippen molar-refractivity contribution in [2.75, 3.05) is 11.5 Å². The van der Waals surface area contributed by atoms with Crippen LogP contribution < -0.4 is 5.32 Å². The van der Waals surface area contributed by atoms with Crippen molar-refractivity contribution in [3.05, 3.63) is 119 Å². The van der Waals surface area contributed by atoms with Crippen LogP contribution in [0.2, 0.25) is 0 Å². The summed E-state index contributed by atoms with van der Waals surface area (Å²) in [6.45, 7) is 10.6. The van der Waals surface area contributed by atoms with Crippen LogP contribution in [0.15, 0.2) is 101 Å². The number of hydrogen-bond donors (Lipinski definition) is 2. The number of anilines is 1. The Bertz CT molecular complexity index is 1140. The molecule has 0 aliphatic heterocycles. The van der Waals surface area contributed by atoms with Crippen LogP contribution in [0.3, 0.4) is 0 Å². The maximum atomic E-state index is 10.9. The average molecular weight is 486 g/mol. The summed E-state index contributed by atoms with van der Waals surface area (Å²) < 4.78 is 0. The first-order valence-electron chi connectivity index (χ1n) is 12.3. The monoisotopic (exact) mass is 485 g/mol. The molecule has 2 aromatic rings. The third-order valence-corrected chi connectivity index (χ3v) is 6.53. The summed E-state index contributed by atoms with van der Waals surface area (Å²) in [5.41, 5.74) is 9.31. The fourth-order valence-corrected chi connectivity index (χ4v) is 4.53. The first-order chi connectivity index (χ1) is 16.9. The largest absolute Gasteiger partial charge is 0.358 e. The average Bonchev–Trinajstić information content (AvgIpc) is 2.84. The van der Waals surface area contributed by atoms with Crippen molar-refractivity contribution in [1.29, 1.82) is 0 Å². The molecule has 0 fully saturated rings. The highest BCUT2D eigenvalue weighted by molar-refractivity contribution is 7.16. The van der Waals surface area contributed by atoms with Crippen LogP contribution in [0.25, 0.3) is 0 Å². The van der Waals surface area contributed by atoms with E-state index >= 15 is 0 Å². The van der Waals surface area contributed by atoms with Crippen molar-refractivity contribution in [3.63, 3.8) is 0 Å². The summed E-state index contributed by atoms with van der Waals surface area (Å²) >= 11 is 0. The lowest BCUT2D eigenvalue weighted by molar-refractivity contribution is 0.221. The number of rotatable bonds is 10. The van der Waals surface area contributed by atoms with E-state index in [2.05, 4.69) is 78.3 Å². The van der Waals surface area contributed by atoms with Crippen LogP contribution >= 0.6 is 9.24 Å². The van der Waals surface area contributed by atoms with Gasteiger partial charge in [0, 0.05) is 24.2 Å². The predicted molar refractivity (Wildman–Crippen MR) is 155 cm³/mol. The van der Waals surface area contributed by atoms with Gasteiger partial charge in [0.15, 0.2) is 0 Å². The zero-order valence-electron chi connectivity index (χ0n) is 21.2. The molecule has 0 aromatic heterocycles. The predicted octanol–water partition coefficient (Wildman–Crippen LogP) is 7.49. The minimum absolute atomic E-state index is 0.596. The molecule has 0 saturated carbocycles. The van der Waals surface area contributed by atoms with Crippen molar-refractivity contribution < 1.29 is 5.11 Å². The fourth-order valence-electron chi connectivity index (χ4n) is 4.24. The standard InChI is InChI=1S/C31H38N2OP/c1-22(2)28(17-18-35)29(26-13-9-6-10-14-26)21-30(32-27-16-15-23(3)24(4)19-27)33-31(34)20-25-11-7-5-8-12-25/h5-9,11-13,15-16,19-20,31,34H,1,10,14,17-18,21,35H2,2-4H3,(H,32,33)/q+1/b29-28+. The van der Waals surface area contributed by atoms with Crippen LogP contribution in [-0.4, -0.2) is 23.3 Å². The summed E-state index contributed by atoms with van der Waals surface area (Å²) in [5.74, 6) is 0.737. The number of aliphatic hydroxyl groups is 1. The highest BCUT2D eigenvalue weighted by Crippen LogP contribution is 2.31. The number of aliphatic imine (C=N–C) groups is 1. The van der Waals surface area contributed by atoms with Crippen LogP contribution in [0, 0.1) is 20.3 Å². The number of hydrogen-bond acceptors (Lipinski definition) is 2. The Balaban J connectivity index is 2.01. The van der Waals surface area contributed by atoms with Gasteiger partial charge in [0.25, 0.3) is 0 Å². The Kier molecular flexibility index (Phi) is 10.1. The quantitative estimate of drug-likeness (QED) is 0.120. The Morgan fingerprint density at radius 1 is 1.17 bits per heavy atom. The molecule has 0 heterocycles. The molecule has 2 aromatic carbocycles. The second-order valence-electron chi connectivity index (χ2n) is 9.10. The van der Waals surface area contributed by atoms with E-state index in [4.69, 9.17) is 4.99 Å². The van der Waals surface area contributed by atoms with Crippen LogP contribution in [0.4, 0.5) is 5.69 Å². The Morgan fingerprint density at radius 3 is 2.57 bits per heavy atom. The minimum Gasteiger partial charge on any atom is -0.358 e. The molecular formula is C31H38N2OP+. The van der Waals surface area contributed by atoms with E-state index in [1.807, 2.05) is 30.3 Å². The zero-order chi connectivity index (χ0) is 25.2. The van der Waals surface area contributed by atoms with Gasteiger partial charge in [-0.3, -0.25) is 0 Å². The normalized spacial score (nSPS) is 15.2. The summed E-state index contributed by atoms with van der Waals surface area (Å²) in [5, 5.41) is 14.4. The number of allylic oxidation sites excluding steroid dienone is 6. The molecule has 0 amide bonds. The maximum Gasteiger partial charge on any atom is 0.214 e. The van der Waals surface area contributed by atoms with Gasteiger partial charge in [0.2, 0.25) is 6.23 Å². The first kappa shape index (κ1) is 26.7. The van der Waals surface area contributed by atoms with Crippen LogP contribution in [0.1, 0.15) is 49.3 Å². The van der Waals surface area contributed by atoms with E-state index in [0.717, 1.165) is 48.1 Å². The number of aliphatic hydroxyl groups excluding tert-OH is 1. The molecule has 0 bridgehead atoms. The molecule has 1 aliphatic rings. The lowest BCUT2D eigenvalue weighted by Gasteiger charge is -2.22. The summed E-state index contributed by atoms with van der Waals surface area (Å²) in [6.07, 6.45) is 11.9. The number of amidine groups is 1. The second-order valence-corrected chi connectivity index (χ2v) is 9.68. The highest BCUT2D eigenvalue weighted by atomic mass is 31.0. The molecule has 0 saturated heterocycles. The molecule has 2 N–H and O–H groups in total. The SMILES string of the molecule is C=C(C)/C(CCP)=C(\CC(=NC(O)[CH+]c1ccccc1)Nc1ccc(C)c(C)c1)C1=CC=CCC1. The van der Waals surface area contributed by atoms with Gasteiger partial charge in [0.1, 0.15) is 11.4 Å². The van der Waals surface area contributed by atoms with E-state index < -0.39 is 6.23 Å². The van der Waals surface area contributed by atoms with E-state index in [1.54, 1.807) is 6.42 Å². The van der Waals surface area contributed by atoms with Gasteiger partial charge in [-0.1, -0.05) is 36.4 Å².